The molecule has 7 nitrogen and oxygen atoms in total. The molecule has 1 aliphatic heterocycles. The predicted molar refractivity (Wildman–Crippen MR) is 154 cm³/mol. The van der Waals surface area contributed by atoms with E-state index in [-0.39, 0.29) is 29.3 Å². The number of benzene rings is 2. The molecule has 1 fully saturated rings. The fraction of sp³-hybridized carbons (Fsp3) is 0.545. The van der Waals surface area contributed by atoms with Crippen molar-refractivity contribution in [2.45, 2.75) is 116 Å². The van der Waals surface area contributed by atoms with E-state index in [9.17, 15) is 19.5 Å². The van der Waals surface area contributed by atoms with E-state index in [2.05, 4.69) is 13.0 Å². The van der Waals surface area contributed by atoms with Gasteiger partial charge in [0.25, 0.3) is 0 Å². The Kier molecular flexibility index (Phi) is 12.2. The van der Waals surface area contributed by atoms with Crippen LogP contribution in [-0.4, -0.2) is 35.2 Å². The van der Waals surface area contributed by atoms with Gasteiger partial charge in [-0.1, -0.05) is 63.3 Å². The van der Waals surface area contributed by atoms with E-state index in [1.165, 1.54) is 38.7 Å². The van der Waals surface area contributed by atoms with E-state index >= 15 is 0 Å². The topological polar surface area (TPSA) is 102 Å². The zero-order valence-electron chi connectivity index (χ0n) is 24.4. The number of esters is 2. The molecular weight excluding hydrogens is 508 g/mol. The van der Waals surface area contributed by atoms with Crippen molar-refractivity contribution in [3.05, 3.63) is 58.7 Å². The molecule has 1 N–H and O–H groups in total. The highest BCUT2D eigenvalue weighted by molar-refractivity contribution is 5.94. The smallest absolute Gasteiger partial charge is 0.339 e. The summed E-state index contributed by atoms with van der Waals surface area (Å²) < 4.78 is 16.6. The van der Waals surface area contributed by atoms with Gasteiger partial charge in [0.05, 0.1) is 12.2 Å². The monoisotopic (exact) mass is 552 g/mol. The summed E-state index contributed by atoms with van der Waals surface area (Å²) in [5, 5.41) is 9.77. The first-order valence-electron chi connectivity index (χ1n) is 14.7. The predicted octanol–water partition coefficient (Wildman–Crippen LogP) is 7.56. The lowest BCUT2D eigenvalue weighted by Gasteiger charge is -2.21. The van der Waals surface area contributed by atoms with Crippen molar-refractivity contribution in [1.29, 1.82) is 0 Å². The number of carboxylic acid groups (broad SMARTS) is 1. The van der Waals surface area contributed by atoms with E-state index < -0.39 is 11.9 Å². The Balaban J connectivity index is 1.39. The van der Waals surface area contributed by atoms with Gasteiger partial charge in [-0.2, -0.15) is 0 Å². The summed E-state index contributed by atoms with van der Waals surface area (Å²) in [6, 6.07) is 11.5. The Morgan fingerprint density at radius 3 is 2.30 bits per heavy atom. The Morgan fingerprint density at radius 1 is 0.900 bits per heavy atom. The highest BCUT2D eigenvalue weighted by atomic mass is 16.6. The normalized spacial score (nSPS) is 16.8. The maximum absolute atomic E-state index is 11.9. The van der Waals surface area contributed by atoms with Crippen LogP contribution in [0.25, 0.3) is 0 Å². The molecule has 218 valence electrons. The van der Waals surface area contributed by atoms with Crippen LogP contribution in [0, 0.1) is 6.92 Å². The minimum absolute atomic E-state index is 0.0740. The van der Waals surface area contributed by atoms with Crippen LogP contribution in [0.15, 0.2) is 36.4 Å². The van der Waals surface area contributed by atoms with Crippen molar-refractivity contribution in [1.82, 2.24) is 0 Å². The molecule has 3 atom stereocenters. The fourth-order valence-electron chi connectivity index (χ4n) is 5.53. The van der Waals surface area contributed by atoms with Gasteiger partial charge in [0.1, 0.15) is 17.1 Å². The van der Waals surface area contributed by atoms with Gasteiger partial charge in [-0.05, 0) is 80.2 Å². The van der Waals surface area contributed by atoms with Gasteiger partial charge in [0, 0.05) is 13.8 Å². The number of aromatic carboxylic acids is 1. The van der Waals surface area contributed by atoms with Gasteiger partial charge in [-0.15, -0.1) is 0 Å². The number of carbonyl (C=O) groups is 3. The second kappa shape index (κ2) is 15.6. The van der Waals surface area contributed by atoms with Gasteiger partial charge in [0.2, 0.25) is 0 Å². The molecule has 2 aromatic rings. The summed E-state index contributed by atoms with van der Waals surface area (Å²) in [5.74, 6) is -0.970. The van der Waals surface area contributed by atoms with Crippen LogP contribution in [-0.2, 0) is 20.7 Å². The van der Waals surface area contributed by atoms with Gasteiger partial charge >= 0.3 is 17.9 Å². The second-order valence-electron chi connectivity index (χ2n) is 10.9. The van der Waals surface area contributed by atoms with E-state index in [1.807, 2.05) is 24.3 Å². The average molecular weight is 553 g/mol. The summed E-state index contributed by atoms with van der Waals surface area (Å²) in [4.78, 5) is 34.9. The number of hydrogen-bond donors (Lipinski definition) is 1. The minimum Gasteiger partial charge on any atom is -0.478 e. The molecular formula is C33H44O7. The summed E-state index contributed by atoms with van der Waals surface area (Å²) in [6.07, 6.45) is 12.1. The van der Waals surface area contributed by atoms with Gasteiger partial charge in [0.15, 0.2) is 0 Å². The summed E-state index contributed by atoms with van der Waals surface area (Å²) in [5.41, 5.74) is 2.65. The molecule has 1 aliphatic rings. The molecule has 2 aromatic carbocycles. The third-order valence-electron chi connectivity index (χ3n) is 7.53. The average Bonchev–Trinajstić information content (AvgIpc) is 3.64. The van der Waals surface area contributed by atoms with E-state index in [0.29, 0.717) is 17.4 Å². The minimum atomic E-state index is -1.08. The van der Waals surface area contributed by atoms with Crippen molar-refractivity contribution >= 4 is 17.9 Å². The number of unbranched alkanes of at least 4 members (excludes halogenated alkanes) is 4. The SMILES string of the molecule is CCCC(CCC1OC1CCCCCCCc1cccc(OC(C)=O)c1)c1ccc(C)c(C(=O)O)c1OC(C)=O. The molecule has 0 bridgehead atoms. The zero-order valence-corrected chi connectivity index (χ0v) is 24.4. The summed E-state index contributed by atoms with van der Waals surface area (Å²) >= 11 is 0. The van der Waals surface area contributed by atoms with E-state index in [0.717, 1.165) is 56.9 Å². The molecule has 40 heavy (non-hydrogen) atoms. The highest BCUT2D eigenvalue weighted by Gasteiger charge is 2.38. The molecule has 0 amide bonds. The molecule has 3 unspecified atom stereocenters. The van der Waals surface area contributed by atoms with Crippen LogP contribution in [0.1, 0.15) is 118 Å². The number of epoxide rings is 1. The first-order chi connectivity index (χ1) is 19.2. The summed E-state index contributed by atoms with van der Waals surface area (Å²) in [6.45, 7) is 6.56. The number of hydrogen-bond acceptors (Lipinski definition) is 6. The third kappa shape index (κ3) is 9.77. The van der Waals surface area contributed by atoms with Crippen LogP contribution in [0.3, 0.4) is 0 Å². The van der Waals surface area contributed by atoms with Crippen LogP contribution < -0.4 is 9.47 Å². The number of rotatable bonds is 17. The first-order valence-corrected chi connectivity index (χ1v) is 14.7. The van der Waals surface area contributed by atoms with Gasteiger partial charge in [-0.3, -0.25) is 9.59 Å². The number of carboxylic acids is 1. The van der Waals surface area contributed by atoms with Gasteiger partial charge < -0.3 is 19.3 Å². The highest BCUT2D eigenvalue weighted by Crippen LogP contribution is 2.40. The van der Waals surface area contributed by atoms with Crippen molar-refractivity contribution < 1.29 is 33.7 Å². The first kappa shape index (κ1) is 31.3. The molecule has 1 heterocycles. The van der Waals surface area contributed by atoms with Crippen LogP contribution >= 0.6 is 0 Å². The maximum atomic E-state index is 11.9. The van der Waals surface area contributed by atoms with Gasteiger partial charge in [-0.25, -0.2) is 4.79 Å². The number of carbonyl (C=O) groups excluding carboxylic acids is 2. The molecule has 0 aliphatic carbocycles. The van der Waals surface area contributed by atoms with E-state index in [4.69, 9.17) is 14.2 Å². The lowest BCUT2D eigenvalue weighted by Crippen LogP contribution is -2.14. The standard InChI is InChI=1S/C33H44O7/c1-5-12-26(28-19-17-22(2)31(33(36)37)32(28)39-24(4)35)18-20-30-29(40-30)16-10-8-6-7-9-13-25-14-11-15-27(21-25)38-23(3)34/h11,14-15,17,19,21,26,29-30H,5-10,12-13,16,18,20H2,1-4H3,(H,36,37). The quantitative estimate of drug-likeness (QED) is 0.0935. The second-order valence-corrected chi connectivity index (χ2v) is 10.9. The van der Waals surface area contributed by atoms with Crippen LogP contribution in [0.2, 0.25) is 0 Å². The molecule has 7 heteroatoms. The Bertz CT molecular complexity index is 1160. The van der Waals surface area contributed by atoms with Crippen LogP contribution in [0.5, 0.6) is 11.5 Å². The molecule has 0 spiro atoms. The molecule has 0 radical (unpaired) electrons. The number of ether oxygens (including phenoxy) is 3. The Labute approximate surface area is 238 Å². The fourth-order valence-corrected chi connectivity index (χ4v) is 5.53. The zero-order chi connectivity index (χ0) is 29.1. The van der Waals surface area contributed by atoms with Crippen molar-refractivity contribution in [2.75, 3.05) is 0 Å². The lowest BCUT2D eigenvalue weighted by molar-refractivity contribution is -0.132. The largest absolute Gasteiger partial charge is 0.478 e. The van der Waals surface area contributed by atoms with Crippen molar-refractivity contribution in [2.24, 2.45) is 0 Å². The Hall–Kier alpha value is -3.19. The third-order valence-corrected chi connectivity index (χ3v) is 7.53. The van der Waals surface area contributed by atoms with Crippen molar-refractivity contribution in [3.63, 3.8) is 0 Å². The van der Waals surface area contributed by atoms with Crippen LogP contribution in [0.4, 0.5) is 0 Å². The molecule has 3 rings (SSSR count). The van der Waals surface area contributed by atoms with E-state index in [1.54, 1.807) is 13.0 Å². The molecule has 1 saturated heterocycles. The van der Waals surface area contributed by atoms with Crippen molar-refractivity contribution in [3.8, 4) is 11.5 Å². The maximum Gasteiger partial charge on any atom is 0.339 e. The number of aryl methyl sites for hydroxylation is 2. The molecule has 0 aromatic heterocycles. The summed E-state index contributed by atoms with van der Waals surface area (Å²) in [7, 11) is 0. The Morgan fingerprint density at radius 2 is 1.60 bits per heavy atom. The lowest BCUT2D eigenvalue weighted by atomic mass is 9.86. The molecule has 0 saturated carbocycles.